The average Bonchev–Trinajstić information content (AvgIpc) is 2.92. The summed E-state index contributed by atoms with van der Waals surface area (Å²) in [6, 6.07) is 26.7. The van der Waals surface area contributed by atoms with E-state index in [1.165, 1.54) is 0 Å². The van der Waals surface area contributed by atoms with E-state index in [1.807, 2.05) is 72.8 Å². The zero-order valence-corrected chi connectivity index (χ0v) is 20.3. The van der Waals surface area contributed by atoms with Crippen LogP contribution in [-0.2, 0) is 5.60 Å². The van der Waals surface area contributed by atoms with Gasteiger partial charge in [0, 0.05) is 2.74 Å². The Kier molecular flexibility index (Phi) is 6.94. The average molecular weight is 461 g/mol. The molecule has 0 aromatic heterocycles. The Hall–Kier alpha value is -2.46. The van der Waals surface area contributed by atoms with Crippen molar-refractivity contribution < 1.29 is 14.3 Å². The van der Waals surface area contributed by atoms with Crippen molar-refractivity contribution in [3.05, 3.63) is 107 Å². The summed E-state index contributed by atoms with van der Waals surface area (Å²) in [6.45, 7) is 6.04. The summed E-state index contributed by atoms with van der Waals surface area (Å²) in [5.74, 6) is 0.354. The van der Waals surface area contributed by atoms with Crippen LogP contribution in [0, 0.1) is 5.92 Å². The molecule has 3 heteroatoms. The first-order valence-corrected chi connectivity index (χ1v) is 12.4. The van der Waals surface area contributed by atoms with Crippen LogP contribution in [0.25, 0.3) is 0 Å². The molecule has 0 amide bonds. The molecule has 0 radical (unpaired) electrons. The van der Waals surface area contributed by atoms with Gasteiger partial charge in [0.2, 0.25) is 0 Å². The second-order valence-corrected chi connectivity index (χ2v) is 9.67. The van der Waals surface area contributed by atoms with Crippen molar-refractivity contribution in [3.8, 4) is 0 Å². The number of hydrogen-bond acceptors (Lipinski definition) is 3. The highest BCUT2D eigenvalue weighted by atomic mass is 16.3. The summed E-state index contributed by atoms with van der Waals surface area (Å²) >= 11 is 0. The molecule has 3 nitrogen and oxygen atoms in total. The number of likely N-dealkylation sites (tertiary alicyclic amines) is 1. The Morgan fingerprint density at radius 2 is 1.38 bits per heavy atom. The van der Waals surface area contributed by atoms with Gasteiger partial charge in [-0.1, -0.05) is 98.8 Å². The summed E-state index contributed by atoms with van der Waals surface area (Å²) in [5.41, 5.74) is 2.05. The third-order valence-corrected chi connectivity index (χ3v) is 7.18. The summed E-state index contributed by atoms with van der Waals surface area (Å²) < 4.78 is 25.6. The highest BCUT2D eigenvalue weighted by molar-refractivity contribution is 5.37. The molecule has 0 spiro atoms. The standard InChI is InChI=1S/C31H39NO2/c1-24(2)25-15-17-26(18-16-25)30(33)14-9-21-32-22-19-29(20-23-32)31(34,27-10-5-3-6-11-27)28-12-7-4-8-13-28/h3-8,10-13,15-18,24,29-30,33-34H,9,14,19-23H2,1-2H3/i14D2,30D. The first-order chi connectivity index (χ1) is 17.6. The van der Waals surface area contributed by atoms with Crippen molar-refractivity contribution in [1.82, 2.24) is 4.90 Å². The van der Waals surface area contributed by atoms with Gasteiger partial charge in [-0.05, 0) is 79.4 Å². The number of hydrogen-bond donors (Lipinski definition) is 2. The fourth-order valence-corrected chi connectivity index (χ4v) is 5.06. The SMILES string of the molecule is [2H]C([2H])(CCN1CCC(C(O)(c2ccccc2)c2ccccc2)CC1)C([2H])(O)c1ccc(C(C)C)cc1. The van der Waals surface area contributed by atoms with E-state index in [0.29, 0.717) is 12.5 Å². The van der Waals surface area contributed by atoms with E-state index < -0.39 is 18.1 Å². The molecule has 180 valence electrons. The molecule has 1 fully saturated rings. The van der Waals surface area contributed by atoms with Crippen molar-refractivity contribution in [2.75, 3.05) is 19.6 Å². The van der Waals surface area contributed by atoms with Gasteiger partial charge in [0.1, 0.15) is 5.60 Å². The molecule has 2 N–H and O–H groups in total. The van der Waals surface area contributed by atoms with Crippen molar-refractivity contribution in [2.24, 2.45) is 5.92 Å². The molecule has 1 saturated heterocycles. The van der Waals surface area contributed by atoms with Crippen LogP contribution in [0.4, 0.5) is 0 Å². The summed E-state index contributed by atoms with van der Waals surface area (Å²) in [5, 5.41) is 23.0. The molecule has 0 bridgehead atoms. The monoisotopic (exact) mass is 460 g/mol. The number of benzene rings is 3. The molecule has 1 heterocycles. The summed E-state index contributed by atoms with van der Waals surface area (Å²) in [7, 11) is 0. The van der Waals surface area contributed by atoms with Crippen LogP contribution in [0.1, 0.15) is 77.8 Å². The molecule has 0 aliphatic carbocycles. The van der Waals surface area contributed by atoms with Gasteiger partial charge in [-0.2, -0.15) is 0 Å². The van der Waals surface area contributed by atoms with Crippen LogP contribution in [0.3, 0.4) is 0 Å². The number of aliphatic hydroxyl groups is 2. The largest absolute Gasteiger partial charge is 0.388 e. The number of nitrogens with zero attached hydrogens (tertiary/aromatic N) is 1. The van der Waals surface area contributed by atoms with E-state index in [1.54, 1.807) is 12.1 Å². The molecule has 3 aromatic carbocycles. The van der Waals surface area contributed by atoms with Gasteiger partial charge >= 0.3 is 0 Å². The first kappa shape index (κ1) is 20.9. The van der Waals surface area contributed by atoms with Gasteiger partial charge < -0.3 is 15.1 Å². The van der Waals surface area contributed by atoms with Gasteiger partial charge in [0.05, 0.1) is 7.45 Å². The van der Waals surface area contributed by atoms with Crippen LogP contribution in [0.5, 0.6) is 0 Å². The highest BCUT2D eigenvalue weighted by Crippen LogP contribution is 2.42. The molecule has 34 heavy (non-hydrogen) atoms. The maximum atomic E-state index is 12.1. The minimum Gasteiger partial charge on any atom is -0.388 e. The van der Waals surface area contributed by atoms with E-state index >= 15 is 0 Å². The van der Waals surface area contributed by atoms with E-state index in [0.717, 1.165) is 42.6 Å². The van der Waals surface area contributed by atoms with Gasteiger partial charge in [0.15, 0.2) is 0 Å². The minimum absolute atomic E-state index is 0.0258. The van der Waals surface area contributed by atoms with Crippen molar-refractivity contribution >= 4 is 0 Å². The van der Waals surface area contributed by atoms with E-state index in [4.69, 9.17) is 4.11 Å². The van der Waals surface area contributed by atoms with Crippen molar-refractivity contribution in [1.29, 1.82) is 0 Å². The molecular weight excluding hydrogens is 418 g/mol. The zero-order valence-electron chi connectivity index (χ0n) is 23.3. The second kappa shape index (κ2) is 11.3. The van der Waals surface area contributed by atoms with Crippen LogP contribution in [-0.4, -0.2) is 34.7 Å². The van der Waals surface area contributed by atoms with Gasteiger partial charge in [0.25, 0.3) is 0 Å². The lowest BCUT2D eigenvalue weighted by Gasteiger charge is -2.42. The maximum Gasteiger partial charge on any atom is 0.117 e. The minimum atomic E-state index is -2.33. The second-order valence-electron chi connectivity index (χ2n) is 9.67. The third kappa shape index (κ3) is 5.60. The lowest BCUT2D eigenvalue weighted by atomic mass is 9.72. The quantitative estimate of drug-likeness (QED) is 0.395. The molecule has 1 aliphatic rings. The normalized spacial score (nSPS) is 19.3. The van der Waals surface area contributed by atoms with Crippen LogP contribution in [0.2, 0.25) is 0 Å². The molecule has 4 rings (SSSR count). The lowest BCUT2D eigenvalue weighted by molar-refractivity contribution is -0.0146. The molecule has 0 saturated carbocycles. The van der Waals surface area contributed by atoms with Crippen molar-refractivity contribution in [3.63, 3.8) is 0 Å². The van der Waals surface area contributed by atoms with Gasteiger partial charge in [-0.15, -0.1) is 0 Å². The van der Waals surface area contributed by atoms with E-state index in [-0.39, 0.29) is 17.9 Å². The third-order valence-electron chi connectivity index (χ3n) is 7.18. The highest BCUT2D eigenvalue weighted by Gasteiger charge is 2.41. The Morgan fingerprint density at radius 3 is 1.88 bits per heavy atom. The first-order valence-electron chi connectivity index (χ1n) is 13.9. The molecule has 1 atom stereocenters. The molecular formula is C31H39NO2. The predicted octanol–water partition coefficient (Wildman–Crippen LogP) is 6.27. The lowest BCUT2D eigenvalue weighted by Crippen LogP contribution is -2.44. The van der Waals surface area contributed by atoms with Gasteiger partial charge in [-0.25, -0.2) is 0 Å². The molecule has 1 aliphatic heterocycles. The van der Waals surface area contributed by atoms with E-state index in [9.17, 15) is 10.2 Å². The Bertz CT molecular complexity index is 1090. The smallest absolute Gasteiger partial charge is 0.117 e. The van der Waals surface area contributed by atoms with E-state index in [2.05, 4.69) is 18.7 Å². The predicted molar refractivity (Wildman–Crippen MR) is 140 cm³/mol. The topological polar surface area (TPSA) is 43.7 Å². The maximum absolute atomic E-state index is 12.1. The zero-order chi connectivity index (χ0) is 26.7. The molecule has 1 unspecified atom stereocenters. The van der Waals surface area contributed by atoms with Crippen LogP contribution in [0.15, 0.2) is 84.9 Å². The van der Waals surface area contributed by atoms with Crippen molar-refractivity contribution in [2.45, 2.75) is 57.1 Å². The fourth-order valence-electron chi connectivity index (χ4n) is 5.06. The fraction of sp³-hybridized carbons (Fsp3) is 0.419. The number of piperidine rings is 1. The Morgan fingerprint density at radius 1 is 0.882 bits per heavy atom. The van der Waals surface area contributed by atoms with Crippen LogP contribution < -0.4 is 0 Å². The Balaban J connectivity index is 1.41. The van der Waals surface area contributed by atoms with Gasteiger partial charge in [-0.3, -0.25) is 0 Å². The molecule has 3 aromatic rings. The summed E-state index contributed by atoms with van der Waals surface area (Å²) in [6.07, 6.45) is -2.86. The number of rotatable bonds is 9. The summed E-state index contributed by atoms with van der Waals surface area (Å²) in [4.78, 5) is 2.18. The van der Waals surface area contributed by atoms with Crippen LogP contribution >= 0.6 is 0 Å². The Labute approximate surface area is 209 Å².